The van der Waals surface area contributed by atoms with E-state index in [2.05, 4.69) is 11.3 Å². The topological polar surface area (TPSA) is 135 Å². The lowest BCUT2D eigenvalue weighted by Crippen LogP contribution is -2.06. The molecule has 0 spiro atoms. The van der Waals surface area contributed by atoms with E-state index in [9.17, 15) is 22.8 Å². The normalized spacial score (nSPS) is 12.8. The summed E-state index contributed by atoms with van der Waals surface area (Å²) in [7, 11) is -4.54. The molecule has 0 saturated carbocycles. The summed E-state index contributed by atoms with van der Waals surface area (Å²) in [4.78, 5) is 30.8. The summed E-state index contributed by atoms with van der Waals surface area (Å²) < 4.78 is 34.8. The molecule has 1 aliphatic rings. The minimum atomic E-state index is -4.54. The molecule has 1 aliphatic heterocycles. The Hall–Kier alpha value is -2.52. The first kappa shape index (κ1) is 15.5. The third-order valence-corrected chi connectivity index (χ3v) is 2.98. The Bertz CT molecular complexity index is 701. The van der Waals surface area contributed by atoms with Gasteiger partial charge in [0.1, 0.15) is 4.90 Å². The summed E-state index contributed by atoms with van der Waals surface area (Å²) in [5, 5.41) is 7.60. The summed E-state index contributed by atoms with van der Waals surface area (Å²) in [5.41, 5.74) is -0.569. The number of carbonyl (C=O) groups is 3. The fourth-order valence-electron chi connectivity index (χ4n) is 1.32. The van der Waals surface area contributed by atoms with Gasteiger partial charge >= 0.3 is 17.9 Å². The van der Waals surface area contributed by atoms with Gasteiger partial charge in [0.05, 0.1) is 11.1 Å². The molecule has 1 aromatic carbocycles. The van der Waals surface area contributed by atoms with Crippen LogP contribution in [0.15, 0.2) is 35.7 Å². The van der Waals surface area contributed by atoms with Gasteiger partial charge in [0.2, 0.25) is 0 Å². The first-order valence-electron chi connectivity index (χ1n) is 4.91. The molecule has 0 saturated heterocycles. The average molecular weight is 300 g/mol. The molecule has 0 unspecified atom stereocenters. The zero-order valence-electron chi connectivity index (χ0n) is 9.77. The number of fused-ring (bicyclic) bond motifs is 1. The van der Waals surface area contributed by atoms with E-state index >= 15 is 0 Å². The summed E-state index contributed by atoms with van der Waals surface area (Å²) in [6, 6.07) is 3.51. The van der Waals surface area contributed by atoms with Crippen LogP contribution >= 0.6 is 0 Å². The van der Waals surface area contributed by atoms with E-state index in [0.29, 0.717) is 0 Å². The zero-order valence-corrected chi connectivity index (χ0v) is 10.6. The molecular weight excluding hydrogens is 292 g/mol. The Morgan fingerprint density at radius 1 is 1.25 bits per heavy atom. The highest BCUT2D eigenvalue weighted by molar-refractivity contribution is 7.86. The molecule has 0 fully saturated rings. The van der Waals surface area contributed by atoms with Crippen LogP contribution in [0, 0.1) is 0 Å². The number of carbonyl (C=O) groups excluding carboxylic acids is 2. The number of aliphatic carboxylic acids is 1. The second kappa shape index (κ2) is 5.63. The number of benzene rings is 1. The van der Waals surface area contributed by atoms with Crippen LogP contribution in [-0.2, 0) is 19.6 Å². The standard InChI is InChI=1S/C8H4O6S.C3H4O2/c9-7-4-2-1-3-5(15(11,12)13)6(4)8(10)14-7;1-2-3(4)5/h1-3H,(H,11,12,13);2H,1H2,(H,4,5). The Morgan fingerprint density at radius 3 is 2.25 bits per heavy atom. The summed E-state index contributed by atoms with van der Waals surface area (Å²) in [6.07, 6.45) is 0.833. The van der Waals surface area contributed by atoms with Crippen LogP contribution in [0.1, 0.15) is 20.7 Å². The Balaban J connectivity index is 0.000000347. The van der Waals surface area contributed by atoms with Gasteiger partial charge in [0.15, 0.2) is 0 Å². The largest absolute Gasteiger partial charge is 0.478 e. The van der Waals surface area contributed by atoms with Crippen LogP contribution in [-0.4, -0.2) is 36.0 Å². The molecule has 0 aromatic heterocycles. The molecule has 1 aromatic rings. The number of hydrogen-bond donors (Lipinski definition) is 2. The van der Waals surface area contributed by atoms with E-state index in [0.717, 1.165) is 12.1 Å². The lowest BCUT2D eigenvalue weighted by atomic mass is 10.1. The fourth-order valence-corrected chi connectivity index (χ4v) is 2.02. The van der Waals surface area contributed by atoms with Crippen molar-refractivity contribution in [3.63, 3.8) is 0 Å². The first-order valence-corrected chi connectivity index (χ1v) is 6.35. The molecule has 20 heavy (non-hydrogen) atoms. The van der Waals surface area contributed by atoms with Gasteiger partial charge < -0.3 is 9.84 Å². The molecular formula is C11H8O8S. The summed E-state index contributed by atoms with van der Waals surface area (Å²) in [6.45, 7) is 2.96. The SMILES string of the molecule is C=CC(=O)O.O=C1OC(=O)c2c1cccc2S(=O)(=O)O. The maximum Gasteiger partial charge on any atom is 0.348 e. The van der Waals surface area contributed by atoms with Crippen LogP contribution < -0.4 is 0 Å². The highest BCUT2D eigenvalue weighted by atomic mass is 32.2. The maximum atomic E-state index is 11.1. The van der Waals surface area contributed by atoms with Gasteiger partial charge in [-0.25, -0.2) is 14.4 Å². The van der Waals surface area contributed by atoms with Crippen molar-refractivity contribution < 1.29 is 37.2 Å². The van der Waals surface area contributed by atoms with Gasteiger partial charge in [-0.3, -0.25) is 4.55 Å². The smallest absolute Gasteiger partial charge is 0.348 e. The van der Waals surface area contributed by atoms with Gasteiger partial charge in [-0.05, 0) is 12.1 Å². The predicted octanol–water partition coefficient (Wildman–Crippen LogP) is 0.501. The Kier molecular flexibility index (Phi) is 4.38. The molecule has 0 atom stereocenters. The van der Waals surface area contributed by atoms with Crippen LogP contribution in [0.3, 0.4) is 0 Å². The van der Waals surface area contributed by atoms with Crippen molar-refractivity contribution in [2.75, 3.05) is 0 Å². The van der Waals surface area contributed by atoms with Crippen LogP contribution in [0.25, 0.3) is 0 Å². The summed E-state index contributed by atoms with van der Waals surface area (Å²) >= 11 is 0. The second-order valence-electron chi connectivity index (χ2n) is 3.37. The molecule has 9 heteroatoms. The van der Waals surface area contributed by atoms with Gasteiger partial charge in [-0.2, -0.15) is 8.42 Å². The van der Waals surface area contributed by atoms with Gasteiger partial charge in [0, 0.05) is 6.08 Å². The number of carboxylic acid groups (broad SMARTS) is 1. The van der Waals surface area contributed by atoms with E-state index < -0.39 is 38.5 Å². The van der Waals surface area contributed by atoms with E-state index in [-0.39, 0.29) is 5.56 Å². The summed E-state index contributed by atoms with van der Waals surface area (Å²) in [5.74, 6) is -2.96. The third-order valence-electron chi connectivity index (χ3n) is 2.09. The minimum absolute atomic E-state index is 0.157. The van der Waals surface area contributed by atoms with E-state index in [1.54, 1.807) is 0 Å². The number of esters is 2. The molecule has 8 nitrogen and oxygen atoms in total. The number of cyclic esters (lactones) is 2. The lowest BCUT2D eigenvalue weighted by molar-refractivity contribution is -0.131. The van der Waals surface area contributed by atoms with Crippen LogP contribution in [0.4, 0.5) is 0 Å². The molecule has 0 amide bonds. The maximum absolute atomic E-state index is 11.1. The van der Waals surface area contributed by atoms with Crippen molar-refractivity contribution in [1.82, 2.24) is 0 Å². The quantitative estimate of drug-likeness (QED) is 0.349. The predicted molar refractivity (Wildman–Crippen MR) is 63.8 cm³/mol. The molecule has 1 heterocycles. The second-order valence-corrected chi connectivity index (χ2v) is 4.76. The molecule has 2 rings (SSSR count). The highest BCUT2D eigenvalue weighted by Crippen LogP contribution is 2.26. The van der Waals surface area contributed by atoms with E-state index in [1.807, 2.05) is 0 Å². The zero-order chi connectivity index (χ0) is 15.5. The van der Waals surface area contributed by atoms with E-state index in [4.69, 9.17) is 9.66 Å². The average Bonchev–Trinajstić information content (AvgIpc) is 2.65. The Labute approximate surface area is 113 Å². The Morgan fingerprint density at radius 2 is 1.80 bits per heavy atom. The van der Waals surface area contributed by atoms with Crippen molar-refractivity contribution in [2.45, 2.75) is 4.90 Å². The van der Waals surface area contributed by atoms with Gasteiger partial charge in [0.25, 0.3) is 10.1 Å². The number of rotatable bonds is 2. The highest BCUT2D eigenvalue weighted by Gasteiger charge is 2.35. The van der Waals surface area contributed by atoms with E-state index in [1.165, 1.54) is 12.1 Å². The third kappa shape index (κ3) is 3.28. The molecule has 0 bridgehead atoms. The molecule has 0 aliphatic carbocycles. The first-order chi connectivity index (χ1) is 9.18. The molecule has 2 N–H and O–H groups in total. The van der Waals surface area contributed by atoms with Crippen LogP contribution in [0.2, 0.25) is 0 Å². The number of ether oxygens (including phenoxy) is 1. The van der Waals surface area contributed by atoms with Gasteiger partial charge in [-0.15, -0.1) is 0 Å². The van der Waals surface area contributed by atoms with Crippen molar-refractivity contribution in [3.8, 4) is 0 Å². The van der Waals surface area contributed by atoms with Crippen LogP contribution in [0.5, 0.6) is 0 Å². The fraction of sp³-hybridized carbons (Fsp3) is 0. The van der Waals surface area contributed by atoms with Gasteiger partial charge in [-0.1, -0.05) is 12.6 Å². The van der Waals surface area contributed by atoms with Crippen molar-refractivity contribution >= 4 is 28.0 Å². The van der Waals surface area contributed by atoms with Crippen molar-refractivity contribution in [3.05, 3.63) is 42.0 Å². The number of hydrogen-bond acceptors (Lipinski definition) is 6. The lowest BCUT2D eigenvalue weighted by Gasteiger charge is -1.99. The minimum Gasteiger partial charge on any atom is -0.478 e. The number of carboxylic acids is 1. The van der Waals surface area contributed by atoms with Crippen molar-refractivity contribution in [2.24, 2.45) is 0 Å². The monoisotopic (exact) mass is 300 g/mol. The molecule has 106 valence electrons. The molecule has 0 radical (unpaired) electrons. The van der Waals surface area contributed by atoms with Crippen molar-refractivity contribution in [1.29, 1.82) is 0 Å².